The zero-order chi connectivity index (χ0) is 16.8. The minimum Gasteiger partial charge on any atom is -0.399 e. The molecule has 4 nitrogen and oxygen atoms in total. The van der Waals surface area contributed by atoms with E-state index in [2.05, 4.69) is 10.6 Å². The number of nitrogens with two attached hydrogens (primary N) is 1. The Hall–Kier alpha value is -2.49. The lowest BCUT2D eigenvalue weighted by Crippen LogP contribution is -2.24. The number of rotatable bonds is 5. The van der Waals surface area contributed by atoms with Crippen molar-refractivity contribution in [1.29, 1.82) is 0 Å². The Labute approximate surface area is 143 Å². The Morgan fingerprint density at radius 3 is 2.46 bits per heavy atom. The summed E-state index contributed by atoms with van der Waals surface area (Å²) in [6, 6.07) is 15.7. The van der Waals surface area contributed by atoms with Gasteiger partial charge in [0.15, 0.2) is 0 Å². The summed E-state index contributed by atoms with van der Waals surface area (Å²) in [5.41, 5.74) is 9.49. The third-order valence-electron chi connectivity index (χ3n) is 4.58. The smallest absolute Gasteiger partial charge is 0.227 e. The summed E-state index contributed by atoms with van der Waals surface area (Å²) < 4.78 is 0. The molecule has 3 rings (SSSR count). The van der Waals surface area contributed by atoms with Crippen LogP contribution in [0.15, 0.2) is 48.5 Å². The molecule has 0 spiro atoms. The molecular formula is C20H25N3O. The molecular weight excluding hydrogens is 298 g/mol. The fourth-order valence-corrected chi connectivity index (χ4v) is 3.16. The molecule has 1 amide bonds. The summed E-state index contributed by atoms with van der Waals surface area (Å²) in [6.45, 7) is 0.723. The Morgan fingerprint density at radius 2 is 1.71 bits per heavy atom. The van der Waals surface area contributed by atoms with Crippen molar-refractivity contribution in [1.82, 2.24) is 0 Å². The maximum absolute atomic E-state index is 12.3. The molecule has 0 saturated heterocycles. The molecule has 1 aliphatic carbocycles. The summed E-state index contributed by atoms with van der Waals surface area (Å²) in [6.07, 6.45) is 5.62. The number of hydrogen-bond acceptors (Lipinski definition) is 3. The van der Waals surface area contributed by atoms with E-state index in [-0.39, 0.29) is 11.8 Å². The van der Waals surface area contributed by atoms with Gasteiger partial charge in [-0.25, -0.2) is 0 Å². The molecule has 4 N–H and O–H groups in total. The molecule has 2 aromatic rings. The average Bonchev–Trinajstić information content (AvgIpc) is 2.62. The van der Waals surface area contributed by atoms with E-state index >= 15 is 0 Å². The highest BCUT2D eigenvalue weighted by Crippen LogP contribution is 2.25. The third kappa shape index (κ3) is 4.51. The molecule has 0 bridgehead atoms. The number of anilines is 3. The molecule has 0 heterocycles. The number of amides is 1. The fourth-order valence-electron chi connectivity index (χ4n) is 3.16. The van der Waals surface area contributed by atoms with Gasteiger partial charge in [-0.1, -0.05) is 37.5 Å². The van der Waals surface area contributed by atoms with Gasteiger partial charge in [0.2, 0.25) is 5.91 Å². The van der Waals surface area contributed by atoms with Gasteiger partial charge >= 0.3 is 0 Å². The molecule has 0 radical (unpaired) electrons. The third-order valence-corrected chi connectivity index (χ3v) is 4.58. The highest BCUT2D eigenvalue weighted by Gasteiger charge is 2.20. The zero-order valence-electron chi connectivity index (χ0n) is 13.9. The van der Waals surface area contributed by atoms with E-state index < -0.39 is 0 Å². The van der Waals surface area contributed by atoms with Gasteiger partial charge in [-0.2, -0.15) is 0 Å². The number of nitrogen functional groups attached to an aromatic ring is 1. The predicted molar refractivity (Wildman–Crippen MR) is 99.8 cm³/mol. The molecule has 1 fully saturated rings. The molecule has 4 heteroatoms. The Morgan fingerprint density at radius 1 is 1.00 bits per heavy atom. The van der Waals surface area contributed by atoms with Crippen molar-refractivity contribution in [2.45, 2.75) is 38.6 Å². The van der Waals surface area contributed by atoms with Crippen molar-refractivity contribution >= 4 is 23.0 Å². The molecule has 2 aromatic carbocycles. The lowest BCUT2D eigenvalue weighted by atomic mass is 9.88. The first-order valence-electron chi connectivity index (χ1n) is 8.70. The fraction of sp³-hybridized carbons (Fsp3) is 0.350. The van der Waals surface area contributed by atoms with Crippen molar-refractivity contribution in [2.24, 2.45) is 5.92 Å². The van der Waals surface area contributed by atoms with Crippen molar-refractivity contribution in [3.63, 3.8) is 0 Å². The van der Waals surface area contributed by atoms with Crippen LogP contribution < -0.4 is 16.4 Å². The van der Waals surface area contributed by atoms with E-state index in [9.17, 15) is 4.79 Å². The van der Waals surface area contributed by atoms with Crippen molar-refractivity contribution in [2.75, 3.05) is 16.4 Å². The Kier molecular flexibility index (Phi) is 5.36. The van der Waals surface area contributed by atoms with Crippen LogP contribution in [0.2, 0.25) is 0 Å². The first-order chi connectivity index (χ1) is 11.7. The minimum absolute atomic E-state index is 0.158. The first kappa shape index (κ1) is 16.4. The quantitative estimate of drug-likeness (QED) is 0.714. The maximum Gasteiger partial charge on any atom is 0.227 e. The van der Waals surface area contributed by atoms with E-state index in [1.54, 1.807) is 0 Å². The van der Waals surface area contributed by atoms with Gasteiger partial charge in [-0.05, 0) is 48.7 Å². The van der Waals surface area contributed by atoms with E-state index in [0.29, 0.717) is 0 Å². The van der Waals surface area contributed by atoms with Crippen LogP contribution in [0.25, 0.3) is 0 Å². The second-order valence-electron chi connectivity index (χ2n) is 6.50. The normalized spacial score (nSPS) is 15.0. The van der Waals surface area contributed by atoms with Crippen LogP contribution in [0, 0.1) is 5.92 Å². The number of nitrogens with one attached hydrogen (secondary N) is 2. The minimum atomic E-state index is 0.158. The van der Waals surface area contributed by atoms with Gasteiger partial charge in [-0.3, -0.25) is 4.79 Å². The van der Waals surface area contributed by atoms with Gasteiger partial charge in [-0.15, -0.1) is 0 Å². The maximum atomic E-state index is 12.3. The highest BCUT2D eigenvalue weighted by molar-refractivity contribution is 5.93. The molecule has 0 aromatic heterocycles. The van der Waals surface area contributed by atoms with Crippen LogP contribution in [-0.4, -0.2) is 5.91 Å². The summed E-state index contributed by atoms with van der Waals surface area (Å²) in [4.78, 5) is 12.3. The second kappa shape index (κ2) is 7.86. The lowest BCUT2D eigenvalue weighted by Gasteiger charge is -2.21. The van der Waals surface area contributed by atoms with Crippen molar-refractivity contribution in [3.05, 3.63) is 54.1 Å². The van der Waals surface area contributed by atoms with Crippen LogP contribution in [0.5, 0.6) is 0 Å². The average molecular weight is 323 g/mol. The van der Waals surface area contributed by atoms with Gasteiger partial charge in [0.05, 0.1) is 0 Å². The molecule has 0 atom stereocenters. The standard InChI is InChI=1S/C20H25N3O/c21-17-11-9-15(10-12-17)14-22-18-7-4-8-19(13-18)23-20(24)16-5-2-1-3-6-16/h4,7-13,16,22H,1-3,5-6,14,21H2,(H,23,24). The largest absolute Gasteiger partial charge is 0.399 e. The molecule has 0 aliphatic heterocycles. The first-order valence-corrected chi connectivity index (χ1v) is 8.70. The summed E-state index contributed by atoms with van der Waals surface area (Å²) in [5, 5.41) is 6.44. The topological polar surface area (TPSA) is 67.2 Å². The number of carbonyl (C=O) groups is 1. The van der Waals surface area contributed by atoms with Crippen LogP contribution in [0.1, 0.15) is 37.7 Å². The highest BCUT2D eigenvalue weighted by atomic mass is 16.1. The van der Waals surface area contributed by atoms with E-state index in [0.717, 1.165) is 36.4 Å². The number of benzene rings is 2. The molecule has 1 saturated carbocycles. The summed E-state index contributed by atoms with van der Waals surface area (Å²) >= 11 is 0. The van der Waals surface area contributed by atoms with Crippen LogP contribution >= 0.6 is 0 Å². The number of carbonyl (C=O) groups excluding carboxylic acids is 1. The van der Waals surface area contributed by atoms with Crippen molar-refractivity contribution < 1.29 is 4.79 Å². The van der Waals surface area contributed by atoms with Crippen molar-refractivity contribution in [3.8, 4) is 0 Å². The molecule has 0 unspecified atom stereocenters. The molecule has 1 aliphatic rings. The second-order valence-corrected chi connectivity index (χ2v) is 6.50. The Bertz CT molecular complexity index is 676. The van der Waals surface area contributed by atoms with Crippen LogP contribution in [0.3, 0.4) is 0 Å². The lowest BCUT2D eigenvalue weighted by molar-refractivity contribution is -0.120. The number of hydrogen-bond donors (Lipinski definition) is 3. The van der Waals surface area contributed by atoms with Gasteiger partial charge < -0.3 is 16.4 Å². The summed E-state index contributed by atoms with van der Waals surface area (Å²) in [7, 11) is 0. The SMILES string of the molecule is Nc1ccc(CNc2cccc(NC(=O)C3CCCCC3)c2)cc1. The molecule has 24 heavy (non-hydrogen) atoms. The van der Waals surface area contributed by atoms with E-state index in [4.69, 9.17) is 5.73 Å². The Balaban J connectivity index is 1.57. The van der Waals surface area contributed by atoms with Gasteiger partial charge in [0, 0.05) is 29.5 Å². The van der Waals surface area contributed by atoms with Crippen LogP contribution in [0.4, 0.5) is 17.1 Å². The van der Waals surface area contributed by atoms with Gasteiger partial charge in [0.1, 0.15) is 0 Å². The van der Waals surface area contributed by atoms with Crippen LogP contribution in [-0.2, 0) is 11.3 Å². The zero-order valence-corrected chi connectivity index (χ0v) is 13.9. The van der Waals surface area contributed by atoms with Gasteiger partial charge in [0.25, 0.3) is 0 Å². The van der Waals surface area contributed by atoms with E-state index in [1.165, 1.54) is 24.8 Å². The molecule has 126 valence electrons. The van der Waals surface area contributed by atoms with E-state index in [1.807, 2.05) is 48.5 Å². The predicted octanol–water partition coefficient (Wildman–Crippen LogP) is 4.40. The monoisotopic (exact) mass is 323 g/mol. The summed E-state index contributed by atoms with van der Waals surface area (Å²) in [5.74, 6) is 0.329.